The topological polar surface area (TPSA) is 40.7 Å². The molecule has 0 aliphatic heterocycles. The molecule has 1 aromatic carbocycles. The van der Waals surface area contributed by atoms with E-state index in [2.05, 4.69) is 31.4 Å². The Balaban J connectivity index is 1.87. The molecule has 84 valence electrons. The van der Waals surface area contributed by atoms with Crippen LogP contribution in [-0.2, 0) is 13.1 Å². The van der Waals surface area contributed by atoms with Crippen LogP contribution in [0.3, 0.4) is 0 Å². The van der Waals surface area contributed by atoms with Crippen LogP contribution < -0.4 is 5.32 Å². The number of benzene rings is 1. The van der Waals surface area contributed by atoms with Gasteiger partial charge in [-0.05, 0) is 33.6 Å². The van der Waals surface area contributed by atoms with Gasteiger partial charge in [0, 0.05) is 29.3 Å². The molecule has 1 heterocycles. The van der Waals surface area contributed by atoms with Crippen molar-refractivity contribution in [2.45, 2.75) is 13.1 Å². The minimum atomic E-state index is 0.739. The van der Waals surface area contributed by atoms with Gasteiger partial charge in [-0.25, -0.2) is 0 Å². The van der Waals surface area contributed by atoms with Gasteiger partial charge in [0.2, 0.25) is 0 Å². The maximum Gasteiger partial charge on any atom is 0.0551 e. The average Bonchev–Trinajstić information content (AvgIpc) is 2.76. The van der Waals surface area contributed by atoms with Crippen LogP contribution in [0, 0.1) is 0 Å². The van der Waals surface area contributed by atoms with Crippen LogP contribution in [-0.4, -0.2) is 10.2 Å². The number of H-pyrrole nitrogens is 1. The predicted octanol–water partition coefficient (Wildman–Crippen LogP) is 3.12. The van der Waals surface area contributed by atoms with Gasteiger partial charge in [-0.3, -0.25) is 5.10 Å². The highest BCUT2D eigenvalue weighted by molar-refractivity contribution is 9.10. The second-order valence-electron chi connectivity index (χ2n) is 3.46. The van der Waals surface area contributed by atoms with Crippen molar-refractivity contribution in [3.63, 3.8) is 0 Å². The molecule has 2 aromatic rings. The van der Waals surface area contributed by atoms with Gasteiger partial charge in [0.1, 0.15) is 0 Å². The number of aromatic nitrogens is 2. The van der Waals surface area contributed by atoms with E-state index in [0.717, 1.165) is 33.7 Å². The largest absolute Gasteiger partial charge is 0.309 e. The van der Waals surface area contributed by atoms with Gasteiger partial charge in [0.25, 0.3) is 0 Å². The van der Waals surface area contributed by atoms with E-state index in [1.165, 1.54) is 0 Å². The fourth-order valence-corrected chi connectivity index (χ4v) is 1.82. The molecule has 0 bridgehead atoms. The number of halogens is 2. The summed E-state index contributed by atoms with van der Waals surface area (Å²) in [5.41, 5.74) is 2.31. The summed E-state index contributed by atoms with van der Waals surface area (Å²) in [6, 6.07) is 5.95. The molecule has 0 fully saturated rings. The number of hydrogen-bond donors (Lipinski definition) is 2. The van der Waals surface area contributed by atoms with Crippen LogP contribution in [0.2, 0.25) is 5.02 Å². The summed E-state index contributed by atoms with van der Waals surface area (Å²) < 4.78 is 0.924. The molecule has 1 aromatic heterocycles. The maximum absolute atomic E-state index is 6.00. The van der Waals surface area contributed by atoms with Crippen LogP contribution in [0.5, 0.6) is 0 Å². The van der Waals surface area contributed by atoms with Crippen LogP contribution in [0.25, 0.3) is 0 Å². The van der Waals surface area contributed by atoms with E-state index in [1.807, 2.05) is 30.6 Å². The first-order valence-corrected chi connectivity index (χ1v) is 6.05. The highest BCUT2D eigenvalue weighted by Crippen LogP contribution is 2.23. The molecular formula is C11H11BrClN3. The Kier molecular flexibility index (Phi) is 3.98. The molecule has 0 atom stereocenters. The molecule has 0 amide bonds. The van der Waals surface area contributed by atoms with Crippen molar-refractivity contribution in [2.24, 2.45) is 0 Å². The Morgan fingerprint density at radius 1 is 1.31 bits per heavy atom. The molecule has 0 spiro atoms. The van der Waals surface area contributed by atoms with Crippen LogP contribution in [0.15, 0.2) is 35.1 Å². The molecule has 0 aliphatic rings. The quantitative estimate of drug-likeness (QED) is 0.911. The Morgan fingerprint density at radius 3 is 2.81 bits per heavy atom. The van der Waals surface area contributed by atoms with E-state index in [-0.39, 0.29) is 0 Å². The number of rotatable bonds is 4. The zero-order valence-electron chi connectivity index (χ0n) is 8.50. The lowest BCUT2D eigenvalue weighted by Gasteiger charge is -2.04. The van der Waals surface area contributed by atoms with Crippen molar-refractivity contribution in [2.75, 3.05) is 0 Å². The summed E-state index contributed by atoms with van der Waals surface area (Å²) in [5, 5.41) is 10.7. The average molecular weight is 301 g/mol. The lowest BCUT2D eigenvalue weighted by Crippen LogP contribution is -2.12. The highest BCUT2D eigenvalue weighted by Gasteiger charge is 1.99. The van der Waals surface area contributed by atoms with Gasteiger partial charge in [-0.1, -0.05) is 17.7 Å². The fourth-order valence-electron chi connectivity index (χ4n) is 1.38. The normalized spacial score (nSPS) is 10.6. The molecular weight excluding hydrogens is 289 g/mol. The molecule has 16 heavy (non-hydrogen) atoms. The van der Waals surface area contributed by atoms with Crippen LogP contribution >= 0.6 is 27.5 Å². The number of nitrogens with one attached hydrogen (secondary N) is 2. The van der Waals surface area contributed by atoms with E-state index in [4.69, 9.17) is 11.6 Å². The Hall–Kier alpha value is -0.840. The lowest BCUT2D eigenvalue weighted by atomic mass is 10.2. The highest BCUT2D eigenvalue weighted by atomic mass is 79.9. The third-order valence-electron chi connectivity index (χ3n) is 2.20. The second-order valence-corrected chi connectivity index (χ2v) is 4.72. The molecule has 0 radical (unpaired) electrons. The lowest BCUT2D eigenvalue weighted by molar-refractivity contribution is 0.693. The van der Waals surface area contributed by atoms with Gasteiger partial charge >= 0.3 is 0 Å². The van der Waals surface area contributed by atoms with Crippen molar-refractivity contribution in [1.82, 2.24) is 15.5 Å². The first kappa shape index (κ1) is 11.6. The van der Waals surface area contributed by atoms with E-state index in [0.29, 0.717) is 0 Å². The number of aromatic amines is 1. The van der Waals surface area contributed by atoms with E-state index >= 15 is 0 Å². The Bertz CT molecular complexity index is 456. The van der Waals surface area contributed by atoms with Gasteiger partial charge < -0.3 is 5.32 Å². The first-order valence-electron chi connectivity index (χ1n) is 4.88. The monoisotopic (exact) mass is 299 g/mol. The Morgan fingerprint density at radius 2 is 2.12 bits per heavy atom. The van der Waals surface area contributed by atoms with Crippen molar-refractivity contribution < 1.29 is 0 Å². The van der Waals surface area contributed by atoms with E-state index < -0.39 is 0 Å². The molecule has 0 unspecified atom stereocenters. The van der Waals surface area contributed by atoms with Gasteiger partial charge in [-0.15, -0.1) is 0 Å². The summed E-state index contributed by atoms with van der Waals surface area (Å²) in [6.07, 6.45) is 3.68. The van der Waals surface area contributed by atoms with Crippen molar-refractivity contribution in [1.29, 1.82) is 0 Å². The summed E-state index contributed by atoms with van der Waals surface area (Å²) in [7, 11) is 0. The molecule has 0 saturated carbocycles. The molecule has 0 saturated heterocycles. The van der Waals surface area contributed by atoms with E-state index in [9.17, 15) is 0 Å². The molecule has 0 aliphatic carbocycles. The SMILES string of the molecule is Clc1cc(CNCc2cn[nH]c2)ccc1Br. The predicted molar refractivity (Wildman–Crippen MR) is 68.3 cm³/mol. The molecule has 2 N–H and O–H groups in total. The fraction of sp³-hybridized carbons (Fsp3) is 0.182. The third-order valence-corrected chi connectivity index (χ3v) is 3.43. The minimum absolute atomic E-state index is 0.739. The maximum atomic E-state index is 6.00. The van der Waals surface area contributed by atoms with Gasteiger partial charge in [0.05, 0.1) is 11.2 Å². The van der Waals surface area contributed by atoms with E-state index in [1.54, 1.807) is 0 Å². The third kappa shape index (κ3) is 3.07. The summed E-state index contributed by atoms with van der Waals surface area (Å²) in [6.45, 7) is 1.59. The second kappa shape index (κ2) is 5.48. The number of nitrogens with zero attached hydrogens (tertiary/aromatic N) is 1. The summed E-state index contributed by atoms with van der Waals surface area (Å²) in [5.74, 6) is 0. The van der Waals surface area contributed by atoms with Crippen LogP contribution in [0.1, 0.15) is 11.1 Å². The molecule has 3 nitrogen and oxygen atoms in total. The summed E-state index contributed by atoms with van der Waals surface area (Å²) >= 11 is 9.37. The molecule has 2 rings (SSSR count). The summed E-state index contributed by atoms with van der Waals surface area (Å²) in [4.78, 5) is 0. The zero-order valence-corrected chi connectivity index (χ0v) is 10.8. The Labute approximate surface area is 107 Å². The van der Waals surface area contributed by atoms with Crippen molar-refractivity contribution >= 4 is 27.5 Å². The smallest absolute Gasteiger partial charge is 0.0551 e. The minimum Gasteiger partial charge on any atom is -0.309 e. The van der Waals surface area contributed by atoms with Gasteiger partial charge in [0.15, 0.2) is 0 Å². The van der Waals surface area contributed by atoms with Crippen molar-refractivity contribution in [3.8, 4) is 0 Å². The zero-order chi connectivity index (χ0) is 11.4. The number of hydrogen-bond acceptors (Lipinski definition) is 2. The standard InChI is InChI=1S/C11H11BrClN3/c12-10-2-1-8(3-11(10)13)4-14-5-9-6-15-16-7-9/h1-3,6-7,14H,4-5H2,(H,15,16). The van der Waals surface area contributed by atoms with Crippen LogP contribution in [0.4, 0.5) is 0 Å². The first-order chi connectivity index (χ1) is 7.75. The van der Waals surface area contributed by atoms with Gasteiger partial charge in [-0.2, -0.15) is 5.10 Å². The molecule has 5 heteroatoms. The van der Waals surface area contributed by atoms with Crippen molar-refractivity contribution in [3.05, 3.63) is 51.2 Å².